The molecule has 0 aromatic heterocycles. The van der Waals surface area contributed by atoms with Crippen LogP contribution in [0.15, 0.2) is 64.7 Å². The number of allylic oxidation sites excluding steroid dienone is 1. The molecule has 5 aliphatic rings. The van der Waals surface area contributed by atoms with Crippen LogP contribution in [0.2, 0.25) is 0 Å². The van der Waals surface area contributed by atoms with Crippen molar-refractivity contribution in [2.75, 3.05) is 6.54 Å². The number of rotatable bonds is 12. The van der Waals surface area contributed by atoms with E-state index in [1.165, 1.54) is 6.92 Å². The summed E-state index contributed by atoms with van der Waals surface area (Å²) in [5, 5.41) is 58.1. The fourth-order valence-electron chi connectivity index (χ4n) is 12.5. The molecular formula is C44H59N3O9. The highest BCUT2D eigenvalue weighted by Crippen LogP contribution is 2.78. The first-order chi connectivity index (χ1) is 25.9. The fourth-order valence-corrected chi connectivity index (χ4v) is 12.5. The lowest BCUT2D eigenvalue weighted by atomic mass is 9.36. The van der Waals surface area contributed by atoms with Crippen LogP contribution < -0.4 is 11.5 Å². The van der Waals surface area contributed by atoms with E-state index >= 15 is 4.79 Å². The van der Waals surface area contributed by atoms with Gasteiger partial charge < -0.3 is 37.0 Å². The molecule has 2 saturated carbocycles. The number of carbonyl (C=O) groups excluding carboxylic acids is 3. The molecule has 1 aromatic rings. The molecule has 13 unspecified atom stereocenters. The van der Waals surface area contributed by atoms with Crippen molar-refractivity contribution in [2.24, 2.45) is 73.6 Å². The zero-order valence-corrected chi connectivity index (χ0v) is 33.5. The zero-order valence-electron chi connectivity index (χ0n) is 33.5. The third-order valence-corrected chi connectivity index (χ3v) is 15.4. The van der Waals surface area contributed by atoms with Crippen LogP contribution in [0.25, 0.3) is 6.08 Å². The number of aliphatic hydroxyl groups is 4. The van der Waals surface area contributed by atoms with Crippen molar-refractivity contribution in [1.82, 2.24) is 0 Å². The van der Waals surface area contributed by atoms with Gasteiger partial charge in [-0.05, 0) is 66.6 Å². The highest BCUT2D eigenvalue weighted by molar-refractivity contribution is 6.02. The number of nitrogens with zero attached hydrogens (tertiary/aromatic N) is 1. The maximum atomic E-state index is 15.1. The molecule has 12 nitrogen and oxygen atoms in total. The maximum absolute atomic E-state index is 15.1. The number of guanidine groups is 1. The van der Waals surface area contributed by atoms with E-state index in [-0.39, 0.29) is 43.3 Å². The number of Topliss-reactive ketones (excluding diaryl/α,β-unsaturated/α-hetero) is 3. The first kappa shape index (κ1) is 41.7. The molecule has 12 heteroatoms. The molecule has 0 aliphatic heterocycles. The van der Waals surface area contributed by atoms with Crippen LogP contribution in [0.1, 0.15) is 86.1 Å². The highest BCUT2D eigenvalue weighted by atomic mass is 16.4. The van der Waals surface area contributed by atoms with Crippen LogP contribution >= 0.6 is 0 Å². The van der Waals surface area contributed by atoms with Gasteiger partial charge in [-0.1, -0.05) is 90.1 Å². The number of hydrogen-bond acceptors (Lipinski definition) is 9. The van der Waals surface area contributed by atoms with E-state index in [2.05, 4.69) is 4.99 Å². The maximum Gasteiger partial charge on any atom is 0.314 e. The summed E-state index contributed by atoms with van der Waals surface area (Å²) in [5.41, 5.74) is 5.82. The molecule has 56 heavy (non-hydrogen) atoms. The van der Waals surface area contributed by atoms with Gasteiger partial charge in [0.05, 0.1) is 11.7 Å². The van der Waals surface area contributed by atoms with Crippen LogP contribution in [-0.4, -0.2) is 84.8 Å². The second kappa shape index (κ2) is 13.9. The number of benzene rings is 1. The van der Waals surface area contributed by atoms with Crippen LogP contribution in [-0.2, 0) is 19.2 Å². The Bertz CT molecular complexity index is 1930. The minimum atomic E-state index is -1.87. The second-order valence-corrected chi connectivity index (χ2v) is 18.7. The van der Waals surface area contributed by atoms with Gasteiger partial charge in [-0.2, -0.15) is 0 Å². The molecule has 9 N–H and O–H groups in total. The molecule has 0 saturated heterocycles. The van der Waals surface area contributed by atoms with E-state index in [9.17, 15) is 39.9 Å². The van der Waals surface area contributed by atoms with Crippen molar-refractivity contribution in [3.05, 3.63) is 65.3 Å². The van der Waals surface area contributed by atoms with E-state index in [0.717, 1.165) is 5.56 Å². The van der Waals surface area contributed by atoms with Gasteiger partial charge in [0.1, 0.15) is 23.4 Å². The molecule has 1 aromatic carbocycles. The molecule has 2 fully saturated rings. The number of fused-ring (bicyclic) bond motifs is 2. The van der Waals surface area contributed by atoms with Gasteiger partial charge >= 0.3 is 5.97 Å². The molecule has 0 heterocycles. The largest absolute Gasteiger partial charge is 0.481 e. The van der Waals surface area contributed by atoms with Crippen LogP contribution in [0.5, 0.6) is 0 Å². The standard InChI is InChI=1S/C44H59N3O9/c1-23(48)19-26(37(53)54)33(51)34(52)27(22-47-38(45)46)24(2)29-20-43(55)17-18-44(56)28(14-13-25-11-9-8-10-12-25)35-39(3,4)31(50)15-16-40(35,5)32-30(49)21-41(29,6)42(43,7)36(32)44/h8-14,17-18,23-24,26-29,34-35,48,52,55-56H,15-16,19-22H2,1-7H3,(H,53,54)(H4,45,46,47). The van der Waals surface area contributed by atoms with Gasteiger partial charge in [0.2, 0.25) is 0 Å². The number of aliphatic carboxylic acids is 1. The molecular weight excluding hydrogens is 714 g/mol. The molecule has 6 rings (SSSR count). The summed E-state index contributed by atoms with van der Waals surface area (Å²) in [6.45, 7) is 12.6. The average molecular weight is 774 g/mol. The Hall–Kier alpha value is -3.97. The lowest BCUT2D eigenvalue weighted by Gasteiger charge is -2.68. The topological polar surface area (TPSA) is 234 Å². The normalized spacial score (nSPS) is 38.3. The number of hydrogen-bond donors (Lipinski definition) is 7. The fraction of sp³-hybridized carbons (Fsp3) is 0.614. The summed E-state index contributed by atoms with van der Waals surface area (Å²) in [6, 6.07) is 9.65. The predicted octanol–water partition coefficient (Wildman–Crippen LogP) is 3.60. The number of ketones is 3. The Morgan fingerprint density at radius 1 is 1.00 bits per heavy atom. The quantitative estimate of drug-likeness (QED) is 0.0702. The van der Waals surface area contributed by atoms with E-state index in [1.807, 2.05) is 77.1 Å². The summed E-state index contributed by atoms with van der Waals surface area (Å²) in [7, 11) is 0. The summed E-state index contributed by atoms with van der Waals surface area (Å²) in [5.74, 6) is -8.08. The lowest BCUT2D eigenvalue weighted by molar-refractivity contribution is -0.162. The second-order valence-electron chi connectivity index (χ2n) is 18.7. The Balaban J connectivity index is 1.54. The number of carbonyl (C=O) groups is 4. The molecule has 5 aliphatic carbocycles. The minimum absolute atomic E-state index is 0.0242. The minimum Gasteiger partial charge on any atom is -0.481 e. The molecule has 0 amide bonds. The molecule has 13 atom stereocenters. The number of carboxylic acids is 1. The van der Waals surface area contributed by atoms with Crippen LogP contribution in [0, 0.1) is 57.2 Å². The molecule has 0 spiro atoms. The van der Waals surface area contributed by atoms with E-state index in [1.54, 1.807) is 19.1 Å². The highest BCUT2D eigenvalue weighted by Gasteiger charge is 2.78. The van der Waals surface area contributed by atoms with Gasteiger partial charge in [0.15, 0.2) is 17.5 Å². The van der Waals surface area contributed by atoms with Crippen molar-refractivity contribution >= 4 is 35.4 Å². The van der Waals surface area contributed by atoms with Gasteiger partial charge in [-0.15, -0.1) is 0 Å². The Labute approximate surface area is 328 Å². The van der Waals surface area contributed by atoms with Crippen molar-refractivity contribution in [3.8, 4) is 0 Å². The van der Waals surface area contributed by atoms with Crippen molar-refractivity contribution < 1.29 is 44.7 Å². The third kappa shape index (κ3) is 5.88. The molecule has 304 valence electrons. The van der Waals surface area contributed by atoms with Crippen LogP contribution in [0.4, 0.5) is 0 Å². The Morgan fingerprint density at radius 3 is 2.23 bits per heavy atom. The van der Waals surface area contributed by atoms with Crippen molar-refractivity contribution in [2.45, 2.75) is 104 Å². The monoisotopic (exact) mass is 773 g/mol. The van der Waals surface area contributed by atoms with E-state index in [4.69, 9.17) is 11.5 Å². The number of carboxylic acid groups (broad SMARTS) is 1. The average Bonchev–Trinajstić information content (AvgIpc) is 3.30. The SMILES string of the molecule is CC(O)CC(C(=O)O)C(=O)C(O)C(CN=C(N)N)C(C)C1CC2(O)C=CC3(O)C4=C(C(=O)CC1(C)C42C)C1(C)CCC(=O)C(C)(C)C1C3C=Cc1ccccc1. The molecule has 0 radical (unpaired) electrons. The van der Waals surface area contributed by atoms with Gasteiger partial charge in [-0.3, -0.25) is 24.2 Å². The Kier molecular flexibility index (Phi) is 10.3. The van der Waals surface area contributed by atoms with E-state index < -0.39 is 98.8 Å². The first-order valence-electron chi connectivity index (χ1n) is 19.8. The van der Waals surface area contributed by atoms with Crippen molar-refractivity contribution in [3.63, 3.8) is 0 Å². The number of aliphatic imine (C=N–C) groups is 1. The van der Waals surface area contributed by atoms with Gasteiger partial charge in [-0.25, -0.2) is 0 Å². The summed E-state index contributed by atoms with van der Waals surface area (Å²) in [6.07, 6.45) is 4.48. The summed E-state index contributed by atoms with van der Waals surface area (Å²) < 4.78 is 0. The van der Waals surface area contributed by atoms with Gasteiger partial charge in [0.25, 0.3) is 0 Å². The predicted molar refractivity (Wildman–Crippen MR) is 210 cm³/mol. The summed E-state index contributed by atoms with van der Waals surface area (Å²) >= 11 is 0. The third-order valence-electron chi connectivity index (χ3n) is 15.4. The van der Waals surface area contributed by atoms with E-state index in [0.29, 0.717) is 17.6 Å². The summed E-state index contributed by atoms with van der Waals surface area (Å²) in [4.78, 5) is 59.0. The lowest BCUT2D eigenvalue weighted by Crippen LogP contribution is -2.69. The van der Waals surface area contributed by atoms with Crippen molar-refractivity contribution in [1.29, 1.82) is 0 Å². The number of nitrogens with two attached hydrogens (primary N) is 2. The molecule has 0 bridgehead atoms. The smallest absolute Gasteiger partial charge is 0.314 e. The van der Waals surface area contributed by atoms with Crippen LogP contribution in [0.3, 0.4) is 0 Å². The first-order valence-corrected chi connectivity index (χ1v) is 19.8. The zero-order chi connectivity index (χ0) is 41.6. The Morgan fingerprint density at radius 2 is 1.64 bits per heavy atom. The number of aliphatic hydroxyl groups excluding tert-OH is 2. The van der Waals surface area contributed by atoms with Gasteiger partial charge in [0, 0.05) is 53.0 Å².